The van der Waals surface area contributed by atoms with Gasteiger partial charge in [0.15, 0.2) is 11.0 Å². The lowest BCUT2D eigenvalue weighted by Gasteiger charge is -1.98. The highest BCUT2D eigenvalue weighted by Gasteiger charge is 2.19. The number of hydrogen-bond donors (Lipinski definition) is 0. The van der Waals surface area contributed by atoms with E-state index in [2.05, 4.69) is 58.4 Å². The molecule has 84 valence electrons. The van der Waals surface area contributed by atoms with E-state index in [1.165, 1.54) is 17.0 Å². The van der Waals surface area contributed by atoms with Gasteiger partial charge < -0.3 is 0 Å². The topological polar surface area (TPSA) is 21.7 Å². The van der Waals surface area contributed by atoms with Crippen LogP contribution in [0.5, 0.6) is 0 Å². The molecule has 2 heterocycles. The van der Waals surface area contributed by atoms with Gasteiger partial charge in [-0.05, 0) is 12.1 Å². The maximum absolute atomic E-state index is 4.19. The van der Waals surface area contributed by atoms with E-state index in [4.69, 9.17) is 0 Å². The third-order valence-electron chi connectivity index (χ3n) is 3.20. The highest BCUT2D eigenvalue weighted by Crippen LogP contribution is 2.18. The predicted molar refractivity (Wildman–Crippen MR) is 67.0 cm³/mol. The Morgan fingerprint density at radius 3 is 2.65 bits per heavy atom. The monoisotopic (exact) mass is 224 g/mol. The van der Waals surface area contributed by atoms with Crippen LogP contribution in [-0.4, -0.2) is 9.55 Å². The van der Waals surface area contributed by atoms with Gasteiger partial charge in [0.05, 0.1) is 13.2 Å². The number of para-hydroxylation sites is 1. The number of pyridine rings is 1. The maximum atomic E-state index is 4.19. The number of aromatic nitrogens is 3. The minimum Gasteiger partial charge on any atom is -0.260 e. The van der Waals surface area contributed by atoms with E-state index in [-0.39, 0.29) is 0 Å². The van der Waals surface area contributed by atoms with Gasteiger partial charge in [-0.2, -0.15) is 4.57 Å². The molecular weight excluding hydrogens is 210 g/mol. The van der Waals surface area contributed by atoms with Gasteiger partial charge in [0.1, 0.15) is 5.69 Å². The zero-order chi connectivity index (χ0) is 11.8. The third kappa shape index (κ3) is 1.43. The van der Waals surface area contributed by atoms with Crippen LogP contribution in [-0.2, 0) is 7.05 Å². The highest BCUT2D eigenvalue weighted by molar-refractivity contribution is 5.73. The van der Waals surface area contributed by atoms with Crippen molar-refractivity contribution >= 4 is 11.0 Å². The van der Waals surface area contributed by atoms with Crippen LogP contribution in [0.25, 0.3) is 16.7 Å². The largest absolute Gasteiger partial charge is 0.260 e. The first-order valence-electron chi connectivity index (χ1n) is 5.65. The lowest BCUT2D eigenvalue weighted by Crippen LogP contribution is -2.30. The molecule has 0 N–H and O–H groups in total. The molecule has 2 aromatic heterocycles. The van der Waals surface area contributed by atoms with Crippen LogP contribution in [0.4, 0.5) is 0 Å². The molecule has 3 nitrogen and oxygen atoms in total. The summed E-state index contributed by atoms with van der Waals surface area (Å²) in [6.07, 6.45) is 3.74. The molecule has 0 unspecified atom stereocenters. The molecule has 3 rings (SSSR count). The van der Waals surface area contributed by atoms with Crippen molar-refractivity contribution in [3.05, 3.63) is 54.6 Å². The molecule has 0 spiro atoms. The molecule has 0 fully saturated rings. The van der Waals surface area contributed by atoms with Crippen molar-refractivity contribution in [2.45, 2.75) is 6.92 Å². The van der Waals surface area contributed by atoms with Crippen molar-refractivity contribution in [1.29, 1.82) is 0 Å². The lowest BCUT2D eigenvalue weighted by atomic mass is 10.3. The minimum atomic E-state index is 1.15. The molecule has 0 radical (unpaired) electrons. The predicted octanol–water partition coefficient (Wildman–Crippen LogP) is 2.16. The van der Waals surface area contributed by atoms with Crippen LogP contribution in [0, 0.1) is 6.92 Å². The Morgan fingerprint density at radius 1 is 1.12 bits per heavy atom. The fraction of sp³-hybridized carbons (Fsp3) is 0.143. The standard InChI is InChI=1S/C14H14N3/c1-11-16(2)14-10-15-9-8-13(14)17(11)12-6-4-3-5-7-12/h3-10H,1-2H3/q+1. The van der Waals surface area contributed by atoms with Gasteiger partial charge in [-0.25, -0.2) is 4.57 Å². The van der Waals surface area contributed by atoms with Gasteiger partial charge in [0.25, 0.3) is 5.82 Å². The number of nitrogens with zero attached hydrogens (tertiary/aromatic N) is 3. The summed E-state index contributed by atoms with van der Waals surface area (Å²) < 4.78 is 4.41. The van der Waals surface area contributed by atoms with Crippen LogP contribution < -0.4 is 4.57 Å². The summed E-state index contributed by atoms with van der Waals surface area (Å²) in [7, 11) is 2.07. The summed E-state index contributed by atoms with van der Waals surface area (Å²) in [6, 6.07) is 12.4. The Bertz CT molecular complexity index is 669. The molecule has 0 saturated carbocycles. The van der Waals surface area contributed by atoms with Gasteiger partial charge in [-0.1, -0.05) is 18.2 Å². The van der Waals surface area contributed by atoms with Gasteiger partial charge in [0.2, 0.25) is 0 Å². The van der Waals surface area contributed by atoms with Crippen LogP contribution in [0.3, 0.4) is 0 Å². The third-order valence-corrected chi connectivity index (χ3v) is 3.20. The van der Waals surface area contributed by atoms with Crippen LogP contribution in [0.2, 0.25) is 0 Å². The van der Waals surface area contributed by atoms with Gasteiger partial charge >= 0.3 is 0 Å². The number of fused-ring (bicyclic) bond motifs is 1. The fourth-order valence-electron chi connectivity index (χ4n) is 2.23. The second-order valence-electron chi connectivity index (χ2n) is 4.14. The first-order valence-corrected chi connectivity index (χ1v) is 5.65. The highest BCUT2D eigenvalue weighted by atomic mass is 15.2. The average Bonchev–Trinajstić information content (AvgIpc) is 2.64. The van der Waals surface area contributed by atoms with Crippen LogP contribution >= 0.6 is 0 Å². The molecule has 3 aromatic rings. The Hall–Kier alpha value is -2.16. The zero-order valence-electron chi connectivity index (χ0n) is 9.96. The molecule has 0 atom stereocenters. The fourth-order valence-corrected chi connectivity index (χ4v) is 2.23. The van der Waals surface area contributed by atoms with E-state index in [0.29, 0.717) is 0 Å². The van der Waals surface area contributed by atoms with E-state index in [0.717, 1.165) is 5.52 Å². The zero-order valence-corrected chi connectivity index (χ0v) is 9.96. The SMILES string of the molecule is Cc1n(-c2ccccc2)c2ccncc2[n+]1C. The van der Waals surface area contributed by atoms with Gasteiger partial charge in [-0.3, -0.25) is 4.98 Å². The van der Waals surface area contributed by atoms with Gasteiger partial charge in [-0.15, -0.1) is 0 Å². The molecule has 0 saturated heterocycles. The first kappa shape index (κ1) is 10.0. The van der Waals surface area contributed by atoms with Crippen molar-refractivity contribution in [1.82, 2.24) is 9.55 Å². The minimum absolute atomic E-state index is 1.15. The van der Waals surface area contributed by atoms with Crippen LogP contribution in [0.1, 0.15) is 5.82 Å². The molecular formula is C14H14N3+. The summed E-state index contributed by atoms with van der Waals surface area (Å²) in [5, 5.41) is 0. The molecule has 0 bridgehead atoms. The van der Waals surface area contributed by atoms with Crippen molar-refractivity contribution in [2.75, 3.05) is 0 Å². The smallest absolute Gasteiger partial charge is 0.259 e. The molecule has 3 heteroatoms. The number of hydrogen-bond acceptors (Lipinski definition) is 1. The van der Waals surface area contributed by atoms with E-state index in [9.17, 15) is 0 Å². The summed E-state index contributed by atoms with van der Waals surface area (Å²) in [5.41, 5.74) is 3.52. The number of benzene rings is 1. The van der Waals surface area contributed by atoms with Crippen molar-refractivity contribution < 1.29 is 4.57 Å². The van der Waals surface area contributed by atoms with Crippen LogP contribution in [0.15, 0.2) is 48.8 Å². The van der Waals surface area contributed by atoms with Crippen molar-refractivity contribution in [3.8, 4) is 5.69 Å². The summed E-state index contributed by atoms with van der Waals surface area (Å²) in [5.74, 6) is 1.19. The van der Waals surface area contributed by atoms with E-state index < -0.39 is 0 Å². The molecule has 0 aliphatic heterocycles. The number of imidazole rings is 1. The van der Waals surface area contributed by atoms with E-state index >= 15 is 0 Å². The molecule has 0 aliphatic carbocycles. The molecule has 1 aromatic carbocycles. The Balaban J connectivity index is 2.41. The summed E-state index contributed by atoms with van der Waals surface area (Å²) >= 11 is 0. The Labute approximate surface area is 100.0 Å². The molecule has 0 amide bonds. The van der Waals surface area contributed by atoms with Crippen molar-refractivity contribution in [3.63, 3.8) is 0 Å². The van der Waals surface area contributed by atoms with E-state index in [1.54, 1.807) is 0 Å². The summed E-state index contributed by atoms with van der Waals surface area (Å²) in [4.78, 5) is 4.19. The second kappa shape index (κ2) is 3.70. The van der Waals surface area contributed by atoms with E-state index in [1.807, 2.05) is 18.5 Å². The second-order valence-corrected chi connectivity index (χ2v) is 4.14. The maximum Gasteiger partial charge on any atom is 0.259 e. The van der Waals surface area contributed by atoms with Crippen molar-refractivity contribution in [2.24, 2.45) is 7.05 Å². The summed E-state index contributed by atoms with van der Waals surface area (Å²) in [6.45, 7) is 2.12. The number of aryl methyl sites for hydroxylation is 1. The molecule has 17 heavy (non-hydrogen) atoms. The number of rotatable bonds is 1. The molecule has 0 aliphatic rings. The lowest BCUT2D eigenvalue weighted by molar-refractivity contribution is -0.652. The van der Waals surface area contributed by atoms with Gasteiger partial charge in [0, 0.05) is 19.2 Å². The Morgan fingerprint density at radius 2 is 1.88 bits per heavy atom. The quantitative estimate of drug-likeness (QED) is 0.580. The Kier molecular flexibility index (Phi) is 2.18. The normalized spacial score (nSPS) is 10.9. The average molecular weight is 224 g/mol. The first-order chi connectivity index (χ1) is 8.29.